The van der Waals surface area contributed by atoms with E-state index in [4.69, 9.17) is 0 Å². The zero-order valence-electron chi connectivity index (χ0n) is 14.9. The van der Waals surface area contributed by atoms with Crippen LogP contribution in [0.2, 0.25) is 0 Å². The van der Waals surface area contributed by atoms with Gasteiger partial charge in [0.05, 0.1) is 0 Å². The van der Waals surface area contributed by atoms with Gasteiger partial charge >= 0.3 is 0 Å². The first-order valence-electron chi connectivity index (χ1n) is 8.91. The highest BCUT2D eigenvalue weighted by Crippen LogP contribution is 2.50. The maximum Gasteiger partial charge on any atom is 0.119 e. The lowest BCUT2D eigenvalue weighted by molar-refractivity contribution is 0.174. The minimum Gasteiger partial charge on any atom is -0.508 e. The summed E-state index contributed by atoms with van der Waals surface area (Å²) in [5, 5.41) is 20.5. The van der Waals surface area contributed by atoms with Crippen LogP contribution in [0, 0.1) is 5.92 Å². The van der Waals surface area contributed by atoms with E-state index >= 15 is 0 Å². The van der Waals surface area contributed by atoms with Gasteiger partial charge in [-0.3, -0.25) is 0 Å². The molecule has 1 aliphatic carbocycles. The van der Waals surface area contributed by atoms with Crippen LogP contribution in [0.15, 0.2) is 48.5 Å². The van der Waals surface area contributed by atoms with E-state index in [1.807, 2.05) is 30.3 Å². The lowest BCUT2D eigenvalue weighted by Crippen LogP contribution is -2.37. The van der Waals surface area contributed by atoms with E-state index in [-0.39, 0.29) is 10.8 Å². The Morgan fingerprint density at radius 2 is 1.42 bits per heavy atom. The predicted octanol–water partition coefficient (Wildman–Crippen LogP) is 5.52. The third kappa shape index (κ3) is 2.90. The minimum absolute atomic E-state index is 0.0383. The van der Waals surface area contributed by atoms with Gasteiger partial charge in [-0.05, 0) is 65.7 Å². The average molecular weight is 324 g/mol. The highest BCUT2D eigenvalue weighted by Gasteiger charge is 2.41. The van der Waals surface area contributed by atoms with Crippen molar-refractivity contribution in [1.82, 2.24) is 0 Å². The fourth-order valence-electron chi connectivity index (χ4n) is 4.47. The third-order valence-electron chi connectivity index (χ3n) is 6.26. The molecule has 1 saturated carbocycles. The molecule has 0 saturated heterocycles. The van der Waals surface area contributed by atoms with Crippen molar-refractivity contribution in [1.29, 1.82) is 0 Å². The molecular formula is C22H28O2. The van der Waals surface area contributed by atoms with Gasteiger partial charge in [-0.1, -0.05) is 57.2 Å². The highest BCUT2D eigenvalue weighted by atomic mass is 16.3. The monoisotopic (exact) mass is 324 g/mol. The zero-order chi connectivity index (χ0) is 17.4. The quantitative estimate of drug-likeness (QED) is 0.780. The van der Waals surface area contributed by atoms with Gasteiger partial charge in [0, 0.05) is 0 Å². The van der Waals surface area contributed by atoms with Crippen LogP contribution in [0.1, 0.15) is 57.6 Å². The third-order valence-corrected chi connectivity index (χ3v) is 6.26. The summed E-state index contributed by atoms with van der Waals surface area (Å²) in [6.45, 7) is 6.76. The molecular weight excluding hydrogens is 296 g/mol. The maximum atomic E-state index is 10.3. The van der Waals surface area contributed by atoms with E-state index in [0.717, 1.165) is 36.8 Å². The van der Waals surface area contributed by atoms with Crippen molar-refractivity contribution in [3.05, 3.63) is 59.7 Å². The second-order valence-electron chi connectivity index (χ2n) is 8.09. The lowest BCUT2D eigenvalue weighted by Gasteiger charge is -2.44. The van der Waals surface area contributed by atoms with Crippen molar-refractivity contribution in [2.75, 3.05) is 0 Å². The van der Waals surface area contributed by atoms with Gasteiger partial charge in [-0.2, -0.15) is 0 Å². The van der Waals surface area contributed by atoms with Crippen molar-refractivity contribution >= 4 is 0 Å². The Labute approximate surface area is 145 Å². The van der Waals surface area contributed by atoms with Gasteiger partial charge in [0.25, 0.3) is 0 Å². The molecule has 0 bridgehead atoms. The lowest BCUT2D eigenvalue weighted by atomic mass is 9.60. The fraction of sp³-hybridized carbons (Fsp3) is 0.455. The van der Waals surface area contributed by atoms with Crippen LogP contribution in [0.5, 0.6) is 11.5 Å². The van der Waals surface area contributed by atoms with Crippen molar-refractivity contribution in [3.63, 3.8) is 0 Å². The van der Waals surface area contributed by atoms with Crippen molar-refractivity contribution < 1.29 is 10.2 Å². The highest BCUT2D eigenvalue weighted by molar-refractivity contribution is 5.40. The summed E-state index contributed by atoms with van der Waals surface area (Å²) in [4.78, 5) is 0. The SMILES string of the molecule is CC1(c2ccccc2O)CCC(C(C)(C)c2ccccc2O)CC1. The van der Waals surface area contributed by atoms with E-state index in [9.17, 15) is 10.2 Å². The first-order chi connectivity index (χ1) is 11.3. The molecule has 2 aromatic rings. The maximum absolute atomic E-state index is 10.3. The summed E-state index contributed by atoms with van der Waals surface area (Å²) in [6, 6.07) is 15.5. The number of phenolic OH excluding ortho intramolecular Hbond substituents is 2. The van der Waals surface area contributed by atoms with Crippen LogP contribution in [0.4, 0.5) is 0 Å². The summed E-state index contributed by atoms with van der Waals surface area (Å²) < 4.78 is 0. The summed E-state index contributed by atoms with van der Waals surface area (Å²) >= 11 is 0. The summed E-state index contributed by atoms with van der Waals surface area (Å²) in [5.74, 6) is 1.35. The smallest absolute Gasteiger partial charge is 0.119 e. The molecule has 0 heterocycles. The molecule has 2 heteroatoms. The molecule has 0 aliphatic heterocycles. The second kappa shape index (κ2) is 6.16. The van der Waals surface area contributed by atoms with Gasteiger partial charge in [-0.15, -0.1) is 0 Å². The summed E-state index contributed by atoms with van der Waals surface area (Å²) in [6.07, 6.45) is 4.33. The normalized spacial score (nSPS) is 24.7. The standard InChI is InChI=1S/C22H28O2/c1-21(2,17-8-4-6-10-19(17)23)16-12-14-22(3,15-13-16)18-9-5-7-11-20(18)24/h4-11,16,23-24H,12-15H2,1-3H3. The first-order valence-corrected chi connectivity index (χ1v) is 8.91. The molecule has 0 amide bonds. The van der Waals surface area contributed by atoms with Crippen LogP contribution >= 0.6 is 0 Å². The molecule has 2 N–H and O–H groups in total. The van der Waals surface area contributed by atoms with Crippen molar-refractivity contribution in [2.24, 2.45) is 5.92 Å². The van der Waals surface area contributed by atoms with E-state index in [2.05, 4.69) is 26.8 Å². The van der Waals surface area contributed by atoms with Crippen LogP contribution < -0.4 is 0 Å². The molecule has 2 nitrogen and oxygen atoms in total. The second-order valence-corrected chi connectivity index (χ2v) is 8.09. The number of rotatable bonds is 3. The van der Waals surface area contributed by atoms with Crippen LogP contribution in [0.3, 0.4) is 0 Å². The molecule has 24 heavy (non-hydrogen) atoms. The van der Waals surface area contributed by atoms with Crippen LogP contribution in [0.25, 0.3) is 0 Å². The molecule has 128 valence electrons. The van der Waals surface area contributed by atoms with Crippen molar-refractivity contribution in [2.45, 2.75) is 57.3 Å². The average Bonchev–Trinajstić information content (AvgIpc) is 2.56. The van der Waals surface area contributed by atoms with E-state index in [0.29, 0.717) is 17.4 Å². The number of aromatic hydroxyl groups is 2. The van der Waals surface area contributed by atoms with Crippen LogP contribution in [-0.2, 0) is 10.8 Å². The number of phenols is 2. The molecule has 0 aromatic heterocycles. The Hall–Kier alpha value is -1.96. The molecule has 0 unspecified atom stereocenters. The molecule has 3 rings (SSSR count). The topological polar surface area (TPSA) is 40.5 Å². The Morgan fingerprint density at radius 1 is 0.875 bits per heavy atom. The zero-order valence-corrected chi connectivity index (χ0v) is 14.9. The summed E-state index contributed by atoms with van der Waals surface area (Å²) in [5.41, 5.74) is 2.10. The van der Waals surface area contributed by atoms with Gasteiger partial charge in [-0.25, -0.2) is 0 Å². The fourth-order valence-corrected chi connectivity index (χ4v) is 4.47. The number of hydrogen-bond donors (Lipinski definition) is 2. The molecule has 0 spiro atoms. The Morgan fingerprint density at radius 3 is 2.00 bits per heavy atom. The molecule has 0 radical (unpaired) electrons. The van der Waals surface area contributed by atoms with Gasteiger partial charge in [0.15, 0.2) is 0 Å². The predicted molar refractivity (Wildman–Crippen MR) is 98.5 cm³/mol. The molecule has 1 aliphatic rings. The van der Waals surface area contributed by atoms with Gasteiger partial charge in [0.2, 0.25) is 0 Å². The Kier molecular flexibility index (Phi) is 4.33. The Balaban J connectivity index is 1.80. The Bertz CT molecular complexity index is 709. The summed E-state index contributed by atoms with van der Waals surface area (Å²) in [7, 11) is 0. The van der Waals surface area contributed by atoms with Gasteiger partial charge in [0.1, 0.15) is 11.5 Å². The minimum atomic E-state index is -0.0502. The molecule has 0 atom stereocenters. The van der Waals surface area contributed by atoms with E-state index in [1.54, 1.807) is 12.1 Å². The van der Waals surface area contributed by atoms with E-state index < -0.39 is 0 Å². The largest absolute Gasteiger partial charge is 0.508 e. The molecule has 1 fully saturated rings. The van der Waals surface area contributed by atoms with E-state index in [1.165, 1.54) is 0 Å². The van der Waals surface area contributed by atoms with Crippen LogP contribution in [-0.4, -0.2) is 10.2 Å². The molecule has 2 aromatic carbocycles. The number of benzene rings is 2. The van der Waals surface area contributed by atoms with Gasteiger partial charge < -0.3 is 10.2 Å². The number of para-hydroxylation sites is 2. The number of hydrogen-bond acceptors (Lipinski definition) is 2. The van der Waals surface area contributed by atoms with Crippen molar-refractivity contribution in [3.8, 4) is 11.5 Å². The first kappa shape index (κ1) is 16.9.